The first-order valence-electron chi connectivity index (χ1n) is 9.24. The minimum atomic E-state index is -0.215. The van der Waals surface area contributed by atoms with Gasteiger partial charge in [0.05, 0.1) is 19.3 Å². The Morgan fingerprint density at radius 2 is 1.92 bits per heavy atom. The molecule has 0 bridgehead atoms. The zero-order valence-electron chi connectivity index (χ0n) is 14.9. The molecule has 1 saturated heterocycles. The van der Waals surface area contributed by atoms with E-state index in [4.69, 9.17) is 4.74 Å². The Labute approximate surface area is 148 Å². The van der Waals surface area contributed by atoms with Gasteiger partial charge in [0, 0.05) is 37.2 Å². The summed E-state index contributed by atoms with van der Waals surface area (Å²) in [5.74, 6) is 0.496. The lowest BCUT2D eigenvalue weighted by molar-refractivity contribution is -0.142. The zero-order chi connectivity index (χ0) is 17.6. The number of aromatic nitrogens is 1. The van der Waals surface area contributed by atoms with Gasteiger partial charge in [0.25, 0.3) is 0 Å². The van der Waals surface area contributed by atoms with Crippen molar-refractivity contribution in [1.29, 1.82) is 0 Å². The van der Waals surface area contributed by atoms with E-state index in [9.17, 15) is 9.59 Å². The molecule has 25 heavy (non-hydrogen) atoms. The second-order valence-electron chi connectivity index (χ2n) is 6.93. The summed E-state index contributed by atoms with van der Waals surface area (Å²) in [5, 5.41) is 2.97. The van der Waals surface area contributed by atoms with Crippen molar-refractivity contribution in [3.8, 4) is 5.75 Å². The maximum Gasteiger partial charge on any atom is 0.226 e. The molecule has 1 N–H and O–H groups in total. The van der Waals surface area contributed by atoms with Crippen LogP contribution in [0.1, 0.15) is 44.2 Å². The average Bonchev–Trinajstić information content (AvgIpc) is 3.20. The summed E-state index contributed by atoms with van der Waals surface area (Å²) in [6.45, 7) is 2.05. The number of amides is 2. The summed E-state index contributed by atoms with van der Waals surface area (Å²) in [6.07, 6.45) is 7.49. The van der Waals surface area contributed by atoms with Crippen molar-refractivity contribution in [2.75, 3.05) is 20.2 Å². The van der Waals surface area contributed by atoms with Gasteiger partial charge in [-0.15, -0.1) is 0 Å². The standard InChI is InChI=1S/C19H27N3O3/c1-25-15-8-9-20-14(12-15)13-21-18(23)16-6-2-3-7-17(16)19(24)22-10-4-5-11-22/h8-9,12,16-17H,2-7,10-11,13H2,1H3,(H,21,23)/t16-,17+/m1/s1. The van der Waals surface area contributed by atoms with E-state index in [0.29, 0.717) is 6.54 Å². The number of pyridine rings is 1. The van der Waals surface area contributed by atoms with Crippen molar-refractivity contribution in [2.45, 2.75) is 45.1 Å². The summed E-state index contributed by atoms with van der Waals surface area (Å²) in [7, 11) is 1.61. The Kier molecular flexibility index (Phi) is 5.89. The van der Waals surface area contributed by atoms with Gasteiger partial charge < -0.3 is 15.0 Å². The van der Waals surface area contributed by atoms with E-state index in [1.54, 1.807) is 19.4 Å². The van der Waals surface area contributed by atoms with Gasteiger partial charge in [0.2, 0.25) is 11.8 Å². The number of methoxy groups -OCH3 is 1. The fraction of sp³-hybridized carbons (Fsp3) is 0.632. The highest BCUT2D eigenvalue weighted by Crippen LogP contribution is 2.32. The molecule has 1 saturated carbocycles. The molecule has 2 fully saturated rings. The van der Waals surface area contributed by atoms with E-state index in [1.165, 1.54) is 0 Å². The highest BCUT2D eigenvalue weighted by atomic mass is 16.5. The maximum atomic E-state index is 12.8. The monoisotopic (exact) mass is 345 g/mol. The van der Waals surface area contributed by atoms with Crippen molar-refractivity contribution in [1.82, 2.24) is 15.2 Å². The van der Waals surface area contributed by atoms with Gasteiger partial charge in [-0.3, -0.25) is 14.6 Å². The van der Waals surface area contributed by atoms with Gasteiger partial charge in [0.1, 0.15) is 5.75 Å². The van der Waals surface area contributed by atoms with Crippen LogP contribution >= 0.6 is 0 Å². The lowest BCUT2D eigenvalue weighted by Gasteiger charge is -2.32. The minimum absolute atomic E-state index is 0.0260. The highest BCUT2D eigenvalue weighted by Gasteiger charge is 2.38. The molecule has 1 aromatic rings. The lowest BCUT2D eigenvalue weighted by Crippen LogP contribution is -2.44. The highest BCUT2D eigenvalue weighted by molar-refractivity contribution is 5.88. The number of rotatable bonds is 5. The normalized spacial score (nSPS) is 23.3. The molecule has 1 aliphatic carbocycles. The predicted octanol–water partition coefficient (Wildman–Crippen LogP) is 2.14. The van der Waals surface area contributed by atoms with Gasteiger partial charge in [-0.2, -0.15) is 0 Å². The Bertz CT molecular complexity index is 614. The molecule has 2 atom stereocenters. The van der Waals surface area contributed by atoms with Crippen molar-refractivity contribution < 1.29 is 14.3 Å². The van der Waals surface area contributed by atoms with Gasteiger partial charge in [-0.1, -0.05) is 12.8 Å². The number of nitrogens with one attached hydrogen (secondary N) is 1. The van der Waals surface area contributed by atoms with Gasteiger partial charge in [-0.25, -0.2) is 0 Å². The van der Waals surface area contributed by atoms with E-state index in [0.717, 1.165) is 63.1 Å². The van der Waals surface area contributed by atoms with Crippen molar-refractivity contribution in [3.05, 3.63) is 24.0 Å². The SMILES string of the molecule is COc1ccnc(CNC(=O)[C@@H]2CCCC[C@@H]2C(=O)N2CCCC2)c1. The third-order valence-electron chi connectivity index (χ3n) is 5.31. The molecule has 0 radical (unpaired) electrons. The Morgan fingerprint density at radius 3 is 2.64 bits per heavy atom. The van der Waals surface area contributed by atoms with Crippen molar-refractivity contribution >= 4 is 11.8 Å². The molecule has 136 valence electrons. The Balaban J connectivity index is 1.61. The number of hydrogen-bond acceptors (Lipinski definition) is 4. The van der Waals surface area contributed by atoms with E-state index in [1.807, 2.05) is 11.0 Å². The van der Waals surface area contributed by atoms with Crippen LogP contribution in [0.25, 0.3) is 0 Å². The first kappa shape index (κ1) is 17.7. The molecular formula is C19H27N3O3. The lowest BCUT2D eigenvalue weighted by atomic mass is 9.78. The first-order valence-corrected chi connectivity index (χ1v) is 9.24. The smallest absolute Gasteiger partial charge is 0.226 e. The number of likely N-dealkylation sites (tertiary alicyclic amines) is 1. The molecule has 0 unspecified atom stereocenters. The van der Waals surface area contributed by atoms with Gasteiger partial charge in [0.15, 0.2) is 0 Å². The maximum absolute atomic E-state index is 12.8. The Hall–Kier alpha value is -2.11. The second kappa shape index (κ2) is 8.32. The molecule has 2 heterocycles. The molecule has 0 aromatic carbocycles. The zero-order valence-corrected chi connectivity index (χ0v) is 14.9. The summed E-state index contributed by atoms with van der Waals surface area (Å²) < 4.78 is 5.18. The van der Waals surface area contributed by atoms with Crippen molar-refractivity contribution in [2.24, 2.45) is 11.8 Å². The number of ether oxygens (including phenoxy) is 1. The topological polar surface area (TPSA) is 71.5 Å². The van der Waals surface area contributed by atoms with Gasteiger partial charge in [-0.05, 0) is 31.7 Å². The van der Waals surface area contributed by atoms with Crippen LogP contribution in [0.5, 0.6) is 5.75 Å². The van der Waals surface area contributed by atoms with E-state index < -0.39 is 0 Å². The number of hydrogen-bond donors (Lipinski definition) is 1. The summed E-state index contributed by atoms with van der Waals surface area (Å²) in [6, 6.07) is 3.59. The average molecular weight is 345 g/mol. The molecule has 6 nitrogen and oxygen atoms in total. The van der Waals surface area contributed by atoms with E-state index >= 15 is 0 Å². The molecule has 2 aliphatic rings. The first-order chi connectivity index (χ1) is 12.2. The van der Waals surface area contributed by atoms with Crippen LogP contribution in [-0.4, -0.2) is 41.9 Å². The molecule has 3 rings (SSSR count). The third-order valence-corrected chi connectivity index (χ3v) is 5.31. The summed E-state index contributed by atoms with van der Waals surface area (Å²) in [5.41, 5.74) is 0.755. The van der Waals surface area contributed by atoms with Crippen LogP contribution in [0, 0.1) is 11.8 Å². The van der Waals surface area contributed by atoms with Crippen LogP contribution < -0.4 is 10.1 Å². The van der Waals surface area contributed by atoms with Crippen LogP contribution in [-0.2, 0) is 16.1 Å². The minimum Gasteiger partial charge on any atom is -0.497 e. The number of carbonyl (C=O) groups excluding carboxylic acids is 2. The van der Waals surface area contributed by atoms with Gasteiger partial charge >= 0.3 is 0 Å². The second-order valence-corrected chi connectivity index (χ2v) is 6.93. The van der Waals surface area contributed by atoms with Crippen LogP contribution in [0.3, 0.4) is 0 Å². The van der Waals surface area contributed by atoms with Crippen LogP contribution in [0.4, 0.5) is 0 Å². The Morgan fingerprint density at radius 1 is 1.20 bits per heavy atom. The fourth-order valence-corrected chi connectivity index (χ4v) is 3.90. The molecule has 0 spiro atoms. The summed E-state index contributed by atoms with van der Waals surface area (Å²) >= 11 is 0. The molecule has 2 amide bonds. The molecule has 1 aliphatic heterocycles. The van der Waals surface area contributed by atoms with Crippen LogP contribution in [0.15, 0.2) is 18.3 Å². The van der Waals surface area contributed by atoms with E-state index in [2.05, 4.69) is 10.3 Å². The summed E-state index contributed by atoms with van der Waals surface area (Å²) in [4.78, 5) is 31.7. The predicted molar refractivity (Wildman–Crippen MR) is 93.9 cm³/mol. The quantitative estimate of drug-likeness (QED) is 0.887. The molecular weight excluding hydrogens is 318 g/mol. The molecule has 1 aromatic heterocycles. The molecule has 6 heteroatoms. The van der Waals surface area contributed by atoms with Crippen molar-refractivity contribution in [3.63, 3.8) is 0 Å². The third kappa shape index (κ3) is 4.30. The van der Waals surface area contributed by atoms with E-state index in [-0.39, 0.29) is 23.7 Å². The van der Waals surface area contributed by atoms with Crippen LogP contribution in [0.2, 0.25) is 0 Å². The fourth-order valence-electron chi connectivity index (χ4n) is 3.90. The number of nitrogens with zero attached hydrogens (tertiary/aromatic N) is 2. The number of carbonyl (C=O) groups is 2. The largest absolute Gasteiger partial charge is 0.497 e.